The van der Waals surface area contributed by atoms with Crippen LogP contribution in [0.5, 0.6) is 0 Å². The third kappa shape index (κ3) is 1.31. The highest BCUT2D eigenvalue weighted by Crippen LogP contribution is 2.27. The van der Waals surface area contributed by atoms with Crippen LogP contribution in [0.3, 0.4) is 0 Å². The van der Waals surface area contributed by atoms with Crippen LogP contribution in [0.2, 0.25) is 0 Å². The van der Waals surface area contributed by atoms with E-state index in [1.165, 1.54) is 16.6 Å². The van der Waals surface area contributed by atoms with E-state index >= 15 is 0 Å². The van der Waals surface area contributed by atoms with Crippen molar-refractivity contribution >= 4 is 10.9 Å². The van der Waals surface area contributed by atoms with Gasteiger partial charge in [0.25, 0.3) is 0 Å². The van der Waals surface area contributed by atoms with Crippen LogP contribution in [0, 0.1) is 0 Å². The summed E-state index contributed by atoms with van der Waals surface area (Å²) < 4.78 is 2.13. The van der Waals surface area contributed by atoms with Crippen molar-refractivity contribution in [2.24, 2.45) is 7.05 Å². The van der Waals surface area contributed by atoms with Crippen LogP contribution in [0.15, 0.2) is 24.5 Å². The summed E-state index contributed by atoms with van der Waals surface area (Å²) in [5.41, 5.74) is 2.54. The van der Waals surface area contributed by atoms with Crippen LogP contribution in [-0.2, 0) is 12.5 Å². The molecule has 0 aromatic carbocycles. The number of aryl methyl sites for hydroxylation is 1. The number of nitrogens with zero attached hydrogens (tertiary/aromatic N) is 2. The van der Waals surface area contributed by atoms with Crippen molar-refractivity contribution in [1.82, 2.24) is 9.55 Å². The maximum atomic E-state index is 4.48. The maximum absolute atomic E-state index is 4.48. The quantitative estimate of drug-likeness (QED) is 0.621. The van der Waals surface area contributed by atoms with E-state index in [0.29, 0.717) is 0 Å². The van der Waals surface area contributed by atoms with Gasteiger partial charge in [0.15, 0.2) is 0 Å². The van der Waals surface area contributed by atoms with E-state index in [4.69, 9.17) is 0 Å². The number of aromatic nitrogens is 2. The highest BCUT2D eigenvalue weighted by molar-refractivity contribution is 5.83. The molecule has 2 aromatic rings. The summed E-state index contributed by atoms with van der Waals surface area (Å²) in [4.78, 5) is 4.48. The summed E-state index contributed by atoms with van der Waals surface area (Å²) in [6.45, 7) is 6.59. The maximum Gasteiger partial charge on any atom is 0.0550 e. The average Bonchev–Trinajstić information content (AvgIpc) is 2.46. The molecule has 0 saturated carbocycles. The van der Waals surface area contributed by atoms with Crippen LogP contribution >= 0.6 is 0 Å². The molecule has 2 rings (SSSR count). The Morgan fingerprint density at radius 2 is 1.93 bits per heavy atom. The predicted molar refractivity (Wildman–Crippen MR) is 59.4 cm³/mol. The van der Waals surface area contributed by atoms with Crippen molar-refractivity contribution in [3.63, 3.8) is 0 Å². The summed E-state index contributed by atoms with van der Waals surface area (Å²) in [7, 11) is 2.06. The zero-order chi connectivity index (χ0) is 10.3. The van der Waals surface area contributed by atoms with Crippen molar-refractivity contribution in [2.75, 3.05) is 0 Å². The molecular formula is C12H16N2. The van der Waals surface area contributed by atoms with Gasteiger partial charge in [-0.1, -0.05) is 20.8 Å². The second-order valence-electron chi connectivity index (χ2n) is 4.77. The van der Waals surface area contributed by atoms with Gasteiger partial charge in [-0.15, -0.1) is 0 Å². The van der Waals surface area contributed by atoms with E-state index in [0.717, 1.165) is 0 Å². The van der Waals surface area contributed by atoms with Crippen molar-refractivity contribution in [3.05, 3.63) is 30.2 Å². The zero-order valence-corrected chi connectivity index (χ0v) is 9.20. The van der Waals surface area contributed by atoms with Crippen molar-refractivity contribution in [2.45, 2.75) is 26.2 Å². The lowest BCUT2D eigenvalue weighted by Gasteiger charge is -2.18. The monoisotopic (exact) mass is 188 g/mol. The van der Waals surface area contributed by atoms with Crippen molar-refractivity contribution < 1.29 is 0 Å². The first-order chi connectivity index (χ1) is 6.50. The third-order valence-corrected chi connectivity index (χ3v) is 2.52. The van der Waals surface area contributed by atoms with Gasteiger partial charge in [0.2, 0.25) is 0 Å². The highest BCUT2D eigenvalue weighted by atomic mass is 14.9. The molecule has 2 heteroatoms. The average molecular weight is 188 g/mol. The standard InChI is InChI=1S/C12H16N2/c1-12(2,3)11-9-6-8-14(4)10(9)5-7-13-11/h5-8H,1-4H3. The minimum atomic E-state index is 0.112. The molecule has 2 heterocycles. The van der Waals surface area contributed by atoms with Crippen molar-refractivity contribution in [3.8, 4) is 0 Å². The van der Waals surface area contributed by atoms with E-state index in [1.807, 2.05) is 6.20 Å². The third-order valence-electron chi connectivity index (χ3n) is 2.52. The molecule has 0 bridgehead atoms. The van der Waals surface area contributed by atoms with E-state index in [9.17, 15) is 0 Å². The Morgan fingerprint density at radius 3 is 2.57 bits per heavy atom. The summed E-state index contributed by atoms with van der Waals surface area (Å²) in [6.07, 6.45) is 3.98. The van der Waals surface area contributed by atoms with Crippen LogP contribution in [-0.4, -0.2) is 9.55 Å². The molecule has 0 spiro atoms. The molecule has 0 aliphatic heterocycles. The molecule has 2 aromatic heterocycles. The summed E-state index contributed by atoms with van der Waals surface area (Å²) in [5.74, 6) is 0. The Labute approximate surface area is 84.6 Å². The number of rotatable bonds is 0. The second kappa shape index (κ2) is 2.84. The van der Waals surface area contributed by atoms with Gasteiger partial charge in [-0.25, -0.2) is 0 Å². The number of hydrogen-bond acceptors (Lipinski definition) is 1. The molecule has 14 heavy (non-hydrogen) atoms. The molecule has 0 radical (unpaired) electrons. The van der Waals surface area contributed by atoms with Crippen LogP contribution in [0.4, 0.5) is 0 Å². The molecule has 0 saturated heterocycles. The first-order valence-corrected chi connectivity index (χ1v) is 4.90. The molecule has 0 aliphatic carbocycles. The minimum absolute atomic E-state index is 0.112. The van der Waals surface area contributed by atoms with Crippen LogP contribution in [0.1, 0.15) is 26.5 Å². The van der Waals surface area contributed by atoms with E-state index in [1.54, 1.807) is 0 Å². The lowest BCUT2D eigenvalue weighted by molar-refractivity contribution is 0.575. The fourth-order valence-corrected chi connectivity index (χ4v) is 1.80. The molecule has 0 N–H and O–H groups in total. The minimum Gasteiger partial charge on any atom is -0.350 e. The molecule has 2 nitrogen and oxygen atoms in total. The van der Waals surface area contributed by atoms with Gasteiger partial charge in [-0.05, 0) is 12.1 Å². The molecule has 0 fully saturated rings. The highest BCUT2D eigenvalue weighted by Gasteiger charge is 2.18. The van der Waals surface area contributed by atoms with E-state index in [-0.39, 0.29) is 5.41 Å². The molecule has 0 aliphatic rings. The Balaban J connectivity index is 2.79. The van der Waals surface area contributed by atoms with Gasteiger partial charge in [0.05, 0.1) is 11.2 Å². The van der Waals surface area contributed by atoms with Gasteiger partial charge >= 0.3 is 0 Å². The predicted octanol–water partition coefficient (Wildman–Crippen LogP) is 2.87. The number of fused-ring (bicyclic) bond motifs is 1. The fraction of sp³-hybridized carbons (Fsp3) is 0.417. The Morgan fingerprint density at radius 1 is 1.21 bits per heavy atom. The molecule has 0 amide bonds. The number of pyridine rings is 1. The van der Waals surface area contributed by atoms with E-state index < -0.39 is 0 Å². The van der Waals surface area contributed by atoms with Gasteiger partial charge in [-0.2, -0.15) is 0 Å². The molecule has 0 atom stereocenters. The summed E-state index contributed by atoms with van der Waals surface area (Å²) >= 11 is 0. The number of hydrogen-bond donors (Lipinski definition) is 0. The van der Waals surface area contributed by atoms with Gasteiger partial charge < -0.3 is 4.57 Å². The van der Waals surface area contributed by atoms with Gasteiger partial charge in [0.1, 0.15) is 0 Å². The topological polar surface area (TPSA) is 17.8 Å². The molecule has 74 valence electrons. The fourth-order valence-electron chi connectivity index (χ4n) is 1.80. The van der Waals surface area contributed by atoms with Gasteiger partial charge in [-0.3, -0.25) is 4.98 Å². The summed E-state index contributed by atoms with van der Waals surface area (Å²) in [5, 5.41) is 1.27. The Kier molecular flexibility index (Phi) is 1.88. The first-order valence-electron chi connectivity index (χ1n) is 4.90. The van der Waals surface area contributed by atoms with Crippen LogP contribution in [0.25, 0.3) is 10.9 Å². The lowest BCUT2D eigenvalue weighted by Crippen LogP contribution is -2.13. The van der Waals surface area contributed by atoms with E-state index in [2.05, 4.69) is 55.7 Å². The van der Waals surface area contributed by atoms with Crippen molar-refractivity contribution in [1.29, 1.82) is 0 Å². The Bertz CT molecular complexity index is 461. The van der Waals surface area contributed by atoms with Gasteiger partial charge in [0, 0.05) is 30.2 Å². The largest absolute Gasteiger partial charge is 0.350 e. The first kappa shape index (κ1) is 9.25. The molecular weight excluding hydrogens is 172 g/mol. The summed E-state index contributed by atoms with van der Waals surface area (Å²) in [6, 6.07) is 4.20. The molecule has 0 unspecified atom stereocenters. The SMILES string of the molecule is Cn1ccc2c(C(C)(C)C)nccc21. The normalized spacial score (nSPS) is 12.3. The lowest BCUT2D eigenvalue weighted by atomic mass is 9.89. The smallest absolute Gasteiger partial charge is 0.0550 e. The second-order valence-corrected chi connectivity index (χ2v) is 4.77. The van der Waals surface area contributed by atoms with Crippen LogP contribution < -0.4 is 0 Å². The zero-order valence-electron chi connectivity index (χ0n) is 9.20. The Hall–Kier alpha value is -1.31.